The average molecular weight is 465 g/mol. The normalized spacial score (nSPS) is 15.3. The molecule has 1 aliphatic rings. The number of hydrogen-bond acceptors (Lipinski definition) is 4. The van der Waals surface area contributed by atoms with Gasteiger partial charge < -0.3 is 10.1 Å². The molecule has 31 heavy (non-hydrogen) atoms. The van der Waals surface area contributed by atoms with Gasteiger partial charge >= 0.3 is 0 Å². The Hall–Kier alpha value is -2.09. The van der Waals surface area contributed by atoms with Gasteiger partial charge in [-0.3, -0.25) is 4.79 Å². The van der Waals surface area contributed by atoms with Crippen molar-refractivity contribution in [1.29, 1.82) is 0 Å². The van der Waals surface area contributed by atoms with Crippen LogP contribution in [0.4, 0.5) is 0 Å². The molecular formula is C23H29ClN2O4S. The van der Waals surface area contributed by atoms with E-state index in [1.807, 2.05) is 32.0 Å². The minimum atomic E-state index is -3.66. The highest BCUT2D eigenvalue weighted by atomic mass is 35.5. The Bertz CT molecular complexity index is 1030. The molecule has 1 saturated heterocycles. The summed E-state index contributed by atoms with van der Waals surface area (Å²) in [7, 11) is -3.66. The molecule has 1 amide bonds. The summed E-state index contributed by atoms with van der Waals surface area (Å²) in [5.74, 6) is 0.348. The van der Waals surface area contributed by atoms with Gasteiger partial charge in [-0.1, -0.05) is 36.6 Å². The largest absolute Gasteiger partial charge is 0.491 e. The molecule has 2 aromatic carbocycles. The minimum Gasteiger partial charge on any atom is -0.491 e. The number of halogens is 1. The fraction of sp³-hybridized carbons (Fsp3) is 0.435. The molecule has 1 N–H and O–H groups in total. The van der Waals surface area contributed by atoms with Crippen molar-refractivity contribution in [3.8, 4) is 5.75 Å². The van der Waals surface area contributed by atoms with Gasteiger partial charge in [-0.25, -0.2) is 8.42 Å². The monoisotopic (exact) mass is 464 g/mol. The average Bonchev–Trinajstić information content (AvgIpc) is 3.04. The number of aryl methyl sites for hydroxylation is 2. The van der Waals surface area contributed by atoms with Gasteiger partial charge in [0.05, 0.1) is 22.0 Å². The molecule has 0 aromatic heterocycles. The van der Waals surface area contributed by atoms with Crippen LogP contribution < -0.4 is 10.1 Å². The lowest BCUT2D eigenvalue weighted by Crippen LogP contribution is -2.32. The summed E-state index contributed by atoms with van der Waals surface area (Å²) in [4.78, 5) is 12.7. The number of carbonyl (C=O) groups is 1. The second-order valence-corrected chi connectivity index (χ2v) is 10.2. The van der Waals surface area contributed by atoms with E-state index in [4.69, 9.17) is 16.3 Å². The summed E-state index contributed by atoms with van der Waals surface area (Å²) < 4.78 is 33.3. The number of ether oxygens (including phenoxy) is 1. The first-order chi connectivity index (χ1) is 14.8. The van der Waals surface area contributed by atoms with Crippen LogP contribution in [0.5, 0.6) is 5.75 Å². The third-order valence-corrected chi connectivity index (χ3v) is 7.60. The van der Waals surface area contributed by atoms with Gasteiger partial charge in [0.25, 0.3) is 5.91 Å². The Morgan fingerprint density at radius 1 is 1.06 bits per heavy atom. The molecule has 168 valence electrons. The van der Waals surface area contributed by atoms with Crippen molar-refractivity contribution in [1.82, 2.24) is 9.62 Å². The molecule has 0 unspecified atom stereocenters. The zero-order chi connectivity index (χ0) is 22.4. The van der Waals surface area contributed by atoms with E-state index in [2.05, 4.69) is 5.32 Å². The van der Waals surface area contributed by atoms with Gasteiger partial charge in [0, 0.05) is 13.1 Å². The Balaban J connectivity index is 1.65. The lowest BCUT2D eigenvalue weighted by atomic mass is 10.1. The Morgan fingerprint density at radius 2 is 1.77 bits per heavy atom. The van der Waals surface area contributed by atoms with Gasteiger partial charge in [0.1, 0.15) is 12.4 Å². The van der Waals surface area contributed by atoms with E-state index in [0.29, 0.717) is 19.7 Å². The molecule has 1 aliphatic heterocycles. The number of nitrogens with zero attached hydrogens (tertiary/aromatic N) is 1. The third kappa shape index (κ3) is 5.99. The van der Waals surface area contributed by atoms with Crippen LogP contribution in [-0.4, -0.2) is 44.9 Å². The first kappa shape index (κ1) is 23.6. The van der Waals surface area contributed by atoms with E-state index < -0.39 is 15.9 Å². The maximum atomic E-state index is 13.0. The van der Waals surface area contributed by atoms with Crippen molar-refractivity contribution in [2.75, 3.05) is 26.2 Å². The highest BCUT2D eigenvalue weighted by molar-refractivity contribution is 7.89. The van der Waals surface area contributed by atoms with E-state index in [9.17, 15) is 13.2 Å². The fourth-order valence-electron chi connectivity index (χ4n) is 3.55. The van der Waals surface area contributed by atoms with Gasteiger partial charge in [-0.15, -0.1) is 0 Å². The molecule has 0 radical (unpaired) electrons. The zero-order valence-corrected chi connectivity index (χ0v) is 19.6. The van der Waals surface area contributed by atoms with Gasteiger partial charge in [-0.05, 0) is 62.1 Å². The van der Waals surface area contributed by atoms with Crippen molar-refractivity contribution in [2.24, 2.45) is 0 Å². The van der Waals surface area contributed by atoms with Crippen molar-refractivity contribution in [3.05, 3.63) is 58.1 Å². The van der Waals surface area contributed by atoms with Crippen LogP contribution in [0, 0.1) is 13.8 Å². The maximum Gasteiger partial charge on any atom is 0.252 e. The minimum absolute atomic E-state index is 0.0931. The molecule has 6 nitrogen and oxygen atoms in total. The van der Waals surface area contributed by atoms with Crippen molar-refractivity contribution in [3.63, 3.8) is 0 Å². The fourth-order valence-corrected chi connectivity index (χ4v) is 5.30. The molecule has 0 atom stereocenters. The number of benzene rings is 2. The SMILES string of the molecule is Cc1ccc(C)c(OCCNC(=O)c2cc(S(=O)(=O)N3CCCCCC3)ccc2Cl)c1. The van der Waals surface area contributed by atoms with E-state index in [1.54, 1.807) is 0 Å². The standard InChI is InChI=1S/C23H29ClN2O4S/c1-17-7-8-18(2)22(15-17)30-14-11-25-23(27)20-16-19(9-10-21(20)24)31(28,29)26-12-5-3-4-6-13-26/h7-10,15-16H,3-6,11-14H2,1-2H3,(H,25,27). The number of carbonyl (C=O) groups excluding carboxylic acids is 1. The van der Waals surface area contributed by atoms with Gasteiger partial charge in [0.15, 0.2) is 0 Å². The zero-order valence-electron chi connectivity index (χ0n) is 18.0. The lowest BCUT2D eigenvalue weighted by Gasteiger charge is -2.20. The summed E-state index contributed by atoms with van der Waals surface area (Å²) in [5, 5.41) is 2.97. The van der Waals surface area contributed by atoms with E-state index in [1.165, 1.54) is 22.5 Å². The Kier molecular flexibility index (Phi) is 7.97. The highest BCUT2D eigenvalue weighted by Crippen LogP contribution is 2.25. The lowest BCUT2D eigenvalue weighted by molar-refractivity contribution is 0.0947. The number of sulfonamides is 1. The van der Waals surface area contributed by atoms with Crippen LogP contribution >= 0.6 is 11.6 Å². The molecule has 8 heteroatoms. The van der Waals surface area contributed by atoms with E-state index >= 15 is 0 Å². The molecule has 2 aromatic rings. The molecular weight excluding hydrogens is 436 g/mol. The molecule has 0 spiro atoms. The smallest absolute Gasteiger partial charge is 0.252 e. The van der Waals surface area contributed by atoms with Crippen LogP contribution in [0.2, 0.25) is 5.02 Å². The molecule has 1 heterocycles. The summed E-state index contributed by atoms with van der Waals surface area (Å²) in [5.41, 5.74) is 2.26. The van der Waals surface area contributed by atoms with Crippen molar-refractivity contribution >= 4 is 27.5 Å². The third-order valence-electron chi connectivity index (χ3n) is 5.37. The predicted octanol–water partition coefficient (Wildman–Crippen LogP) is 4.33. The molecule has 1 fully saturated rings. The van der Waals surface area contributed by atoms with Crippen LogP contribution in [-0.2, 0) is 10.0 Å². The molecule has 0 saturated carbocycles. The molecule has 0 bridgehead atoms. The van der Waals surface area contributed by atoms with Crippen LogP contribution in [0.25, 0.3) is 0 Å². The first-order valence-corrected chi connectivity index (χ1v) is 12.4. The maximum absolute atomic E-state index is 13.0. The molecule has 3 rings (SSSR count). The number of hydrogen-bond donors (Lipinski definition) is 1. The summed E-state index contributed by atoms with van der Waals surface area (Å²) in [6.45, 7) is 5.52. The Morgan fingerprint density at radius 3 is 2.48 bits per heavy atom. The Labute approximate surface area is 189 Å². The quantitative estimate of drug-likeness (QED) is 0.619. The first-order valence-electron chi connectivity index (χ1n) is 10.6. The van der Waals surface area contributed by atoms with Crippen LogP contribution in [0.3, 0.4) is 0 Å². The molecule has 0 aliphatic carbocycles. The van der Waals surface area contributed by atoms with Crippen molar-refractivity contribution < 1.29 is 17.9 Å². The van der Waals surface area contributed by atoms with Crippen LogP contribution in [0.1, 0.15) is 47.2 Å². The summed E-state index contributed by atoms with van der Waals surface area (Å²) in [6.07, 6.45) is 3.76. The van der Waals surface area contributed by atoms with Crippen molar-refractivity contribution in [2.45, 2.75) is 44.4 Å². The number of nitrogens with one attached hydrogen (secondary N) is 1. The number of rotatable bonds is 7. The van der Waals surface area contributed by atoms with E-state index in [-0.39, 0.29) is 22.0 Å². The van der Waals surface area contributed by atoms with Crippen LogP contribution in [0.15, 0.2) is 41.3 Å². The number of amides is 1. The second kappa shape index (κ2) is 10.5. The predicted molar refractivity (Wildman–Crippen MR) is 122 cm³/mol. The topological polar surface area (TPSA) is 75.7 Å². The highest BCUT2D eigenvalue weighted by Gasteiger charge is 2.26. The van der Waals surface area contributed by atoms with E-state index in [0.717, 1.165) is 42.6 Å². The summed E-state index contributed by atoms with van der Waals surface area (Å²) in [6, 6.07) is 10.2. The van der Waals surface area contributed by atoms with Gasteiger partial charge in [-0.2, -0.15) is 4.31 Å². The second-order valence-electron chi connectivity index (χ2n) is 7.83. The van der Waals surface area contributed by atoms with Gasteiger partial charge in [0.2, 0.25) is 10.0 Å². The summed E-state index contributed by atoms with van der Waals surface area (Å²) >= 11 is 6.20.